The first-order chi connectivity index (χ1) is 7.60. The second-order valence-corrected chi connectivity index (χ2v) is 4.29. The molecule has 1 rings (SSSR count). The minimum Gasteiger partial charge on any atom is -0.384 e. The summed E-state index contributed by atoms with van der Waals surface area (Å²) in [6, 6.07) is 0. The van der Waals surface area contributed by atoms with Crippen molar-refractivity contribution in [3.63, 3.8) is 0 Å². The molecule has 1 aromatic rings. The monoisotopic (exact) mass is 290 g/mol. The van der Waals surface area contributed by atoms with Gasteiger partial charge in [-0.05, 0) is 15.9 Å². The first kappa shape index (κ1) is 13.3. The fraction of sp³-hybridized carbons (Fsp3) is 0.600. The van der Waals surface area contributed by atoms with Crippen molar-refractivity contribution < 1.29 is 9.47 Å². The predicted octanol–water partition coefficient (Wildman–Crippen LogP) is 1.43. The maximum absolute atomic E-state index is 11.6. The molecular formula is C10H15BrN2O3. The summed E-state index contributed by atoms with van der Waals surface area (Å²) in [5.74, 6) is 0.656. The Kier molecular flexibility index (Phi) is 5.11. The molecule has 1 unspecified atom stereocenters. The average molecular weight is 291 g/mol. The molecule has 5 nitrogen and oxygen atoms in total. The molecule has 0 aliphatic carbocycles. The molecule has 0 saturated carbocycles. The number of hydrogen-bond donors (Lipinski definition) is 1. The van der Waals surface area contributed by atoms with Crippen LogP contribution in [0.3, 0.4) is 0 Å². The van der Waals surface area contributed by atoms with Crippen LogP contribution < -0.4 is 5.56 Å². The van der Waals surface area contributed by atoms with Crippen molar-refractivity contribution >= 4 is 15.9 Å². The van der Waals surface area contributed by atoms with Gasteiger partial charge in [-0.25, -0.2) is 4.98 Å². The second-order valence-electron chi connectivity index (χ2n) is 3.50. The molecule has 1 atom stereocenters. The van der Waals surface area contributed by atoms with Gasteiger partial charge in [0.15, 0.2) is 0 Å². The normalized spacial score (nSPS) is 12.8. The van der Waals surface area contributed by atoms with Crippen LogP contribution in [0, 0.1) is 0 Å². The molecule has 1 aromatic heterocycles. The van der Waals surface area contributed by atoms with E-state index < -0.39 is 0 Å². The third-order valence-corrected chi connectivity index (χ3v) is 2.93. The van der Waals surface area contributed by atoms with Crippen LogP contribution >= 0.6 is 15.9 Å². The lowest BCUT2D eigenvalue weighted by atomic mass is 10.2. The van der Waals surface area contributed by atoms with E-state index in [-0.39, 0.29) is 11.5 Å². The number of aromatic amines is 1. The highest BCUT2D eigenvalue weighted by atomic mass is 79.9. The lowest BCUT2D eigenvalue weighted by Gasteiger charge is -2.11. The standard InChI is InChI=1S/C10H15BrN2O3/c1-6(4-15-2)9-12-7(5-16-3)8(11)10(14)13-9/h6H,4-5H2,1-3H3,(H,12,13,14). The first-order valence-corrected chi connectivity index (χ1v) is 5.65. The Morgan fingerprint density at radius 2 is 2.12 bits per heavy atom. The van der Waals surface area contributed by atoms with E-state index in [1.807, 2.05) is 6.92 Å². The Labute approximate surface area is 102 Å². The topological polar surface area (TPSA) is 64.2 Å². The Hall–Kier alpha value is -0.720. The molecule has 0 fully saturated rings. The Balaban J connectivity index is 3.08. The SMILES string of the molecule is COCc1nc(C(C)COC)[nH]c(=O)c1Br. The van der Waals surface area contributed by atoms with E-state index in [1.165, 1.54) is 0 Å². The van der Waals surface area contributed by atoms with Crippen molar-refractivity contribution in [3.8, 4) is 0 Å². The number of halogens is 1. The first-order valence-electron chi connectivity index (χ1n) is 4.86. The van der Waals surface area contributed by atoms with Gasteiger partial charge >= 0.3 is 0 Å². The van der Waals surface area contributed by atoms with Gasteiger partial charge in [0.2, 0.25) is 0 Å². The molecule has 90 valence electrons. The number of methoxy groups -OCH3 is 2. The zero-order valence-corrected chi connectivity index (χ0v) is 11.1. The third kappa shape index (κ3) is 3.13. The van der Waals surface area contributed by atoms with Crippen LogP contribution in [0.4, 0.5) is 0 Å². The zero-order valence-electron chi connectivity index (χ0n) is 9.54. The van der Waals surface area contributed by atoms with Crippen molar-refractivity contribution in [2.75, 3.05) is 20.8 Å². The van der Waals surface area contributed by atoms with Gasteiger partial charge in [0, 0.05) is 20.1 Å². The van der Waals surface area contributed by atoms with E-state index >= 15 is 0 Å². The van der Waals surface area contributed by atoms with Crippen molar-refractivity contribution in [3.05, 3.63) is 26.3 Å². The average Bonchev–Trinajstić information content (AvgIpc) is 2.25. The van der Waals surface area contributed by atoms with Gasteiger partial charge in [-0.1, -0.05) is 6.92 Å². The minimum atomic E-state index is -0.194. The van der Waals surface area contributed by atoms with Gasteiger partial charge < -0.3 is 14.5 Å². The summed E-state index contributed by atoms with van der Waals surface area (Å²) in [5, 5.41) is 0. The quantitative estimate of drug-likeness (QED) is 0.891. The third-order valence-electron chi connectivity index (χ3n) is 2.11. The molecule has 0 saturated heterocycles. The van der Waals surface area contributed by atoms with E-state index in [0.717, 1.165) is 0 Å². The molecule has 1 N–H and O–H groups in total. The smallest absolute Gasteiger partial charge is 0.265 e. The fourth-order valence-electron chi connectivity index (χ4n) is 1.32. The molecule has 0 radical (unpaired) electrons. The van der Waals surface area contributed by atoms with E-state index in [1.54, 1.807) is 14.2 Å². The largest absolute Gasteiger partial charge is 0.384 e. The number of rotatable bonds is 5. The van der Waals surface area contributed by atoms with Gasteiger partial charge in [-0.2, -0.15) is 0 Å². The van der Waals surface area contributed by atoms with Crippen LogP contribution in [-0.4, -0.2) is 30.8 Å². The highest BCUT2D eigenvalue weighted by molar-refractivity contribution is 9.10. The molecular weight excluding hydrogens is 276 g/mol. The number of ether oxygens (including phenoxy) is 2. The summed E-state index contributed by atoms with van der Waals surface area (Å²) >= 11 is 3.19. The number of aromatic nitrogens is 2. The summed E-state index contributed by atoms with van der Waals surface area (Å²) in [4.78, 5) is 18.6. The van der Waals surface area contributed by atoms with E-state index in [2.05, 4.69) is 25.9 Å². The lowest BCUT2D eigenvalue weighted by Crippen LogP contribution is -2.19. The molecule has 0 spiro atoms. The Morgan fingerprint density at radius 3 is 2.69 bits per heavy atom. The highest BCUT2D eigenvalue weighted by Gasteiger charge is 2.13. The molecule has 0 aromatic carbocycles. The van der Waals surface area contributed by atoms with E-state index in [9.17, 15) is 4.79 Å². The van der Waals surface area contributed by atoms with Crippen molar-refractivity contribution in [1.82, 2.24) is 9.97 Å². The Morgan fingerprint density at radius 1 is 1.44 bits per heavy atom. The van der Waals surface area contributed by atoms with Gasteiger partial charge in [0.25, 0.3) is 5.56 Å². The number of hydrogen-bond acceptors (Lipinski definition) is 4. The van der Waals surface area contributed by atoms with E-state index in [4.69, 9.17) is 9.47 Å². The molecule has 0 amide bonds. The van der Waals surface area contributed by atoms with Crippen LogP contribution in [0.25, 0.3) is 0 Å². The fourth-order valence-corrected chi connectivity index (χ4v) is 1.62. The van der Waals surface area contributed by atoms with Gasteiger partial charge in [-0.3, -0.25) is 4.79 Å². The van der Waals surface area contributed by atoms with E-state index in [0.29, 0.717) is 29.2 Å². The zero-order chi connectivity index (χ0) is 12.1. The summed E-state index contributed by atoms with van der Waals surface area (Å²) in [7, 11) is 3.18. The van der Waals surface area contributed by atoms with Crippen molar-refractivity contribution in [2.45, 2.75) is 19.4 Å². The molecule has 0 bridgehead atoms. The highest BCUT2D eigenvalue weighted by Crippen LogP contribution is 2.14. The van der Waals surface area contributed by atoms with Crippen LogP contribution in [0.15, 0.2) is 9.27 Å². The molecule has 6 heteroatoms. The van der Waals surface area contributed by atoms with Crippen LogP contribution in [0.2, 0.25) is 0 Å². The summed E-state index contributed by atoms with van der Waals surface area (Å²) in [6.45, 7) is 2.75. The Bertz CT molecular complexity index is 406. The molecule has 0 aliphatic heterocycles. The number of H-pyrrole nitrogens is 1. The van der Waals surface area contributed by atoms with Crippen molar-refractivity contribution in [1.29, 1.82) is 0 Å². The molecule has 1 heterocycles. The maximum Gasteiger partial charge on any atom is 0.265 e. The van der Waals surface area contributed by atoms with Gasteiger partial charge in [0.05, 0.1) is 18.9 Å². The second kappa shape index (κ2) is 6.12. The van der Waals surface area contributed by atoms with Crippen LogP contribution in [0.5, 0.6) is 0 Å². The summed E-state index contributed by atoms with van der Waals surface area (Å²) in [5.41, 5.74) is 0.407. The van der Waals surface area contributed by atoms with Gasteiger partial charge in [-0.15, -0.1) is 0 Å². The van der Waals surface area contributed by atoms with Crippen molar-refractivity contribution in [2.24, 2.45) is 0 Å². The summed E-state index contributed by atoms with van der Waals surface area (Å²) in [6.07, 6.45) is 0. The van der Waals surface area contributed by atoms with Crippen LogP contribution in [0.1, 0.15) is 24.4 Å². The predicted molar refractivity (Wildman–Crippen MR) is 63.6 cm³/mol. The molecule has 0 aliphatic rings. The lowest BCUT2D eigenvalue weighted by molar-refractivity contribution is 0.175. The molecule has 16 heavy (non-hydrogen) atoms. The summed E-state index contributed by atoms with van der Waals surface area (Å²) < 4.78 is 10.4. The number of nitrogens with one attached hydrogen (secondary N) is 1. The van der Waals surface area contributed by atoms with Crippen LogP contribution in [-0.2, 0) is 16.1 Å². The number of nitrogens with zero attached hydrogens (tertiary/aromatic N) is 1. The minimum absolute atomic E-state index is 0.0430. The maximum atomic E-state index is 11.6. The van der Waals surface area contributed by atoms with Gasteiger partial charge in [0.1, 0.15) is 10.3 Å².